The molecule has 1 fully saturated rings. The first-order valence-corrected chi connectivity index (χ1v) is 11.5. The summed E-state index contributed by atoms with van der Waals surface area (Å²) in [7, 11) is 1.59. The first-order chi connectivity index (χ1) is 15.0. The third-order valence-corrected chi connectivity index (χ3v) is 6.19. The first-order valence-electron chi connectivity index (χ1n) is 10.3. The predicted octanol–water partition coefficient (Wildman–Crippen LogP) is 5.55. The maximum absolute atomic E-state index is 12.0. The molecule has 1 aliphatic rings. The predicted molar refractivity (Wildman–Crippen MR) is 130 cm³/mol. The Hall–Kier alpha value is -2.51. The Bertz CT molecular complexity index is 957. The number of para-hydroxylation sites is 1. The van der Waals surface area contributed by atoms with E-state index in [1.165, 1.54) is 17.3 Å². The van der Waals surface area contributed by atoms with E-state index < -0.39 is 0 Å². The molecule has 1 amide bonds. The molecule has 3 rings (SSSR count). The van der Waals surface area contributed by atoms with Crippen molar-refractivity contribution < 1.29 is 19.0 Å². The van der Waals surface area contributed by atoms with Gasteiger partial charge in [-0.15, -0.1) is 0 Å². The Kier molecular flexibility index (Phi) is 8.37. The maximum Gasteiger partial charge on any atom is 0.263 e. The van der Waals surface area contributed by atoms with E-state index in [4.69, 9.17) is 26.4 Å². The first kappa shape index (κ1) is 23.2. The van der Waals surface area contributed by atoms with Gasteiger partial charge in [0.05, 0.1) is 25.2 Å². The summed E-state index contributed by atoms with van der Waals surface area (Å²) in [5.74, 6) is 2.42. The molecular weight excluding hydrogens is 430 g/mol. The molecule has 2 aromatic carbocycles. The van der Waals surface area contributed by atoms with Crippen LogP contribution in [0.25, 0.3) is 6.08 Å². The third-order valence-electron chi connectivity index (χ3n) is 5.02. The number of methoxy groups -OCH3 is 1. The number of rotatable bonds is 10. The summed E-state index contributed by atoms with van der Waals surface area (Å²) in [4.78, 5) is 12.5. The molecule has 0 aliphatic carbocycles. The molecule has 0 aromatic heterocycles. The summed E-state index contributed by atoms with van der Waals surface area (Å²) < 4.78 is 17.8. The van der Waals surface area contributed by atoms with E-state index in [0.717, 1.165) is 17.7 Å². The van der Waals surface area contributed by atoms with Gasteiger partial charge >= 0.3 is 0 Å². The van der Waals surface area contributed by atoms with Crippen molar-refractivity contribution in [1.82, 2.24) is 5.32 Å². The molecule has 5 nitrogen and oxygen atoms in total. The Morgan fingerprint density at radius 3 is 2.52 bits per heavy atom. The summed E-state index contributed by atoms with van der Waals surface area (Å²) in [6.07, 6.45) is 3.60. The normalized spacial score (nSPS) is 15.6. The van der Waals surface area contributed by atoms with Crippen LogP contribution in [0.4, 0.5) is 0 Å². The second kappa shape index (κ2) is 11.2. The Balaban J connectivity index is 1.57. The summed E-state index contributed by atoms with van der Waals surface area (Å²) >= 11 is 6.30. The molecule has 0 bridgehead atoms. The van der Waals surface area contributed by atoms with E-state index in [2.05, 4.69) is 31.3 Å². The Morgan fingerprint density at radius 2 is 1.87 bits per heavy atom. The molecule has 1 unspecified atom stereocenters. The molecule has 1 saturated heterocycles. The Morgan fingerprint density at radius 1 is 1.13 bits per heavy atom. The molecule has 1 atom stereocenters. The number of hydrogen-bond acceptors (Lipinski definition) is 6. The van der Waals surface area contributed by atoms with Gasteiger partial charge in [0.25, 0.3) is 5.91 Å². The van der Waals surface area contributed by atoms with Gasteiger partial charge in [-0.3, -0.25) is 4.79 Å². The van der Waals surface area contributed by atoms with Crippen molar-refractivity contribution in [3.63, 3.8) is 0 Å². The minimum absolute atomic E-state index is 0.198. The summed E-state index contributed by atoms with van der Waals surface area (Å²) in [5, 5.41) is 2.62. The lowest BCUT2D eigenvalue weighted by Crippen LogP contribution is -2.17. The highest BCUT2D eigenvalue weighted by atomic mass is 32.2. The number of amides is 1. The van der Waals surface area contributed by atoms with E-state index in [1.807, 2.05) is 30.3 Å². The van der Waals surface area contributed by atoms with Gasteiger partial charge in [0, 0.05) is 12.0 Å². The van der Waals surface area contributed by atoms with Crippen molar-refractivity contribution in [3.05, 3.63) is 58.5 Å². The topological polar surface area (TPSA) is 56.8 Å². The number of thioether (sulfide) groups is 1. The highest BCUT2D eigenvalue weighted by molar-refractivity contribution is 8.26. The number of ether oxygens (including phenoxy) is 3. The number of carbonyl (C=O) groups is 1. The SMILES string of the molecule is CCC(C)c1ccc(OCCCOc2c(C=C3SC(=S)NC3=O)cccc2OC)cc1. The van der Waals surface area contributed by atoms with Crippen LogP contribution in [-0.4, -0.2) is 30.6 Å². The number of nitrogens with one attached hydrogen (secondary N) is 1. The lowest BCUT2D eigenvalue weighted by Gasteiger charge is -2.14. The van der Waals surface area contributed by atoms with Gasteiger partial charge in [-0.05, 0) is 42.2 Å². The monoisotopic (exact) mass is 457 g/mol. The molecule has 1 heterocycles. The molecule has 1 aliphatic heterocycles. The number of benzene rings is 2. The van der Waals surface area contributed by atoms with E-state index in [0.29, 0.717) is 46.3 Å². The molecule has 164 valence electrons. The fraction of sp³-hybridized carbons (Fsp3) is 0.333. The van der Waals surface area contributed by atoms with Gasteiger partial charge in [-0.2, -0.15) is 0 Å². The standard InChI is InChI=1S/C24H27NO4S2/c1-4-16(2)17-9-11-19(12-10-17)28-13-6-14-29-22-18(7-5-8-20(22)27-3)15-21-23(26)25-24(30)31-21/h5,7-12,15-16H,4,6,13-14H2,1-3H3,(H,25,26,30). The zero-order valence-corrected chi connectivity index (χ0v) is 19.6. The molecule has 0 saturated carbocycles. The highest BCUT2D eigenvalue weighted by Gasteiger charge is 2.23. The zero-order valence-electron chi connectivity index (χ0n) is 18.0. The van der Waals surface area contributed by atoms with Gasteiger partial charge < -0.3 is 19.5 Å². The number of hydrogen-bond donors (Lipinski definition) is 1. The lowest BCUT2D eigenvalue weighted by molar-refractivity contribution is -0.115. The molecule has 1 N–H and O–H groups in total. The molecule has 31 heavy (non-hydrogen) atoms. The van der Waals surface area contributed by atoms with Gasteiger partial charge in [0.1, 0.15) is 10.1 Å². The van der Waals surface area contributed by atoms with Crippen LogP contribution < -0.4 is 19.5 Å². The summed E-state index contributed by atoms with van der Waals surface area (Å²) in [6.45, 7) is 5.41. The van der Waals surface area contributed by atoms with Crippen molar-refractivity contribution in [2.24, 2.45) is 0 Å². The van der Waals surface area contributed by atoms with Gasteiger partial charge in [-0.1, -0.05) is 62.1 Å². The van der Waals surface area contributed by atoms with Crippen LogP contribution in [0.2, 0.25) is 0 Å². The second-order valence-electron chi connectivity index (χ2n) is 7.16. The van der Waals surface area contributed by atoms with E-state index in [-0.39, 0.29) is 5.91 Å². The smallest absolute Gasteiger partial charge is 0.263 e. The van der Waals surface area contributed by atoms with Crippen LogP contribution in [0.15, 0.2) is 47.4 Å². The van der Waals surface area contributed by atoms with Crippen LogP contribution in [0.5, 0.6) is 17.2 Å². The van der Waals surface area contributed by atoms with Crippen LogP contribution in [0.1, 0.15) is 43.7 Å². The molecule has 7 heteroatoms. The number of carbonyl (C=O) groups excluding carboxylic acids is 1. The zero-order chi connectivity index (χ0) is 22.2. The molecule has 0 spiro atoms. The molecule has 0 radical (unpaired) electrons. The van der Waals surface area contributed by atoms with Crippen LogP contribution in [0, 0.1) is 0 Å². The van der Waals surface area contributed by atoms with Crippen molar-refractivity contribution >= 4 is 40.3 Å². The average molecular weight is 458 g/mol. The minimum Gasteiger partial charge on any atom is -0.493 e. The second-order valence-corrected chi connectivity index (χ2v) is 8.88. The van der Waals surface area contributed by atoms with E-state index in [9.17, 15) is 4.79 Å². The minimum atomic E-state index is -0.198. The quantitative estimate of drug-likeness (QED) is 0.287. The molecule has 2 aromatic rings. The van der Waals surface area contributed by atoms with E-state index >= 15 is 0 Å². The largest absolute Gasteiger partial charge is 0.493 e. The fourth-order valence-electron chi connectivity index (χ4n) is 3.08. The molecular formula is C24H27NO4S2. The maximum atomic E-state index is 12.0. The van der Waals surface area contributed by atoms with E-state index in [1.54, 1.807) is 13.2 Å². The fourth-order valence-corrected chi connectivity index (χ4v) is 4.11. The Labute approximate surface area is 193 Å². The summed E-state index contributed by atoms with van der Waals surface area (Å²) in [5.41, 5.74) is 2.09. The van der Waals surface area contributed by atoms with Crippen molar-refractivity contribution in [2.75, 3.05) is 20.3 Å². The summed E-state index contributed by atoms with van der Waals surface area (Å²) in [6, 6.07) is 13.9. The number of thiocarbonyl (C=S) groups is 1. The van der Waals surface area contributed by atoms with Crippen LogP contribution >= 0.6 is 24.0 Å². The van der Waals surface area contributed by atoms with Gasteiger partial charge in [0.2, 0.25) is 0 Å². The van der Waals surface area contributed by atoms with Gasteiger partial charge in [0.15, 0.2) is 11.5 Å². The van der Waals surface area contributed by atoms with Gasteiger partial charge in [-0.25, -0.2) is 0 Å². The average Bonchev–Trinajstić information content (AvgIpc) is 3.10. The third kappa shape index (κ3) is 6.24. The highest BCUT2D eigenvalue weighted by Crippen LogP contribution is 2.35. The van der Waals surface area contributed by atoms with Crippen LogP contribution in [0.3, 0.4) is 0 Å². The van der Waals surface area contributed by atoms with Crippen molar-refractivity contribution in [3.8, 4) is 17.2 Å². The van der Waals surface area contributed by atoms with Crippen LogP contribution in [-0.2, 0) is 4.79 Å². The van der Waals surface area contributed by atoms with Crippen molar-refractivity contribution in [1.29, 1.82) is 0 Å². The lowest BCUT2D eigenvalue weighted by atomic mass is 9.99. The van der Waals surface area contributed by atoms with Crippen molar-refractivity contribution in [2.45, 2.75) is 32.6 Å².